The van der Waals surface area contributed by atoms with E-state index in [-0.39, 0.29) is 12.0 Å². The minimum Gasteiger partial charge on any atom is -0.396 e. The highest BCUT2D eigenvalue weighted by atomic mass is 32.1. The van der Waals surface area contributed by atoms with E-state index in [2.05, 4.69) is 12.6 Å². The van der Waals surface area contributed by atoms with Crippen LogP contribution < -0.4 is 5.73 Å². The number of halogens is 1. The third-order valence-electron chi connectivity index (χ3n) is 2.47. The molecule has 0 amide bonds. The van der Waals surface area contributed by atoms with Gasteiger partial charge in [0, 0.05) is 11.6 Å². The SMILES string of the molecule is Nc1c(F)cc([N+](=O)[O-])cc1C(O)C(O)CCS. The molecule has 0 aromatic heterocycles. The van der Waals surface area contributed by atoms with E-state index in [4.69, 9.17) is 5.73 Å². The molecule has 4 N–H and O–H groups in total. The van der Waals surface area contributed by atoms with Crippen LogP contribution in [0.5, 0.6) is 0 Å². The molecule has 1 rings (SSSR count). The van der Waals surface area contributed by atoms with Gasteiger partial charge in [0.05, 0.1) is 22.8 Å². The zero-order valence-corrected chi connectivity index (χ0v) is 10.2. The van der Waals surface area contributed by atoms with Gasteiger partial charge in [0.1, 0.15) is 6.10 Å². The molecule has 1 aromatic rings. The molecule has 0 radical (unpaired) electrons. The van der Waals surface area contributed by atoms with Crippen molar-refractivity contribution in [1.82, 2.24) is 0 Å². The molecule has 0 saturated heterocycles. The number of nitrogens with zero attached hydrogens (tertiary/aromatic N) is 1. The number of nitro benzene ring substituents is 1. The standard InChI is InChI=1S/C10H13FN2O4S/c11-7-4-5(13(16)17)3-6(9(7)12)10(15)8(14)1-2-18/h3-4,8,10,14-15,18H,1-2,12H2. The van der Waals surface area contributed by atoms with E-state index in [1.54, 1.807) is 0 Å². The third kappa shape index (κ3) is 3.09. The molecule has 1 aromatic carbocycles. The van der Waals surface area contributed by atoms with Crippen LogP contribution in [-0.4, -0.2) is 27.0 Å². The van der Waals surface area contributed by atoms with Gasteiger partial charge in [-0.2, -0.15) is 12.6 Å². The summed E-state index contributed by atoms with van der Waals surface area (Å²) in [5.74, 6) is -0.702. The van der Waals surface area contributed by atoms with Gasteiger partial charge in [-0.1, -0.05) is 0 Å². The first-order valence-electron chi connectivity index (χ1n) is 5.08. The molecular weight excluding hydrogens is 263 g/mol. The maximum Gasteiger partial charge on any atom is 0.272 e. The summed E-state index contributed by atoms with van der Waals surface area (Å²) < 4.78 is 13.4. The van der Waals surface area contributed by atoms with Crippen molar-refractivity contribution in [2.24, 2.45) is 0 Å². The van der Waals surface area contributed by atoms with Crippen LogP contribution in [0.3, 0.4) is 0 Å². The lowest BCUT2D eigenvalue weighted by Crippen LogP contribution is -2.20. The summed E-state index contributed by atoms with van der Waals surface area (Å²) in [6.45, 7) is 0. The van der Waals surface area contributed by atoms with Crippen molar-refractivity contribution in [3.63, 3.8) is 0 Å². The number of aliphatic hydroxyl groups excluding tert-OH is 2. The number of nitrogens with two attached hydrogens (primary N) is 1. The summed E-state index contributed by atoms with van der Waals surface area (Å²) >= 11 is 3.88. The summed E-state index contributed by atoms with van der Waals surface area (Å²) in [5, 5.41) is 29.9. The van der Waals surface area contributed by atoms with E-state index in [0.29, 0.717) is 11.8 Å². The number of non-ortho nitro benzene ring substituents is 1. The van der Waals surface area contributed by atoms with Crippen molar-refractivity contribution in [3.05, 3.63) is 33.6 Å². The Kier molecular flexibility index (Phi) is 4.88. The molecule has 18 heavy (non-hydrogen) atoms. The van der Waals surface area contributed by atoms with Gasteiger partial charge in [-0.05, 0) is 12.2 Å². The largest absolute Gasteiger partial charge is 0.396 e. The van der Waals surface area contributed by atoms with E-state index < -0.39 is 34.3 Å². The Hall–Kier alpha value is -1.38. The van der Waals surface area contributed by atoms with Crippen LogP contribution in [0, 0.1) is 15.9 Å². The smallest absolute Gasteiger partial charge is 0.272 e. The number of thiol groups is 1. The van der Waals surface area contributed by atoms with Gasteiger partial charge in [0.2, 0.25) is 0 Å². The van der Waals surface area contributed by atoms with Gasteiger partial charge in [0.15, 0.2) is 5.82 Å². The van der Waals surface area contributed by atoms with Gasteiger partial charge < -0.3 is 15.9 Å². The number of nitrogen functional groups attached to an aromatic ring is 1. The molecule has 2 unspecified atom stereocenters. The molecule has 0 aliphatic rings. The first-order valence-corrected chi connectivity index (χ1v) is 5.72. The third-order valence-corrected chi connectivity index (χ3v) is 2.72. The van der Waals surface area contributed by atoms with Gasteiger partial charge in [-0.15, -0.1) is 0 Å². The van der Waals surface area contributed by atoms with Crippen LogP contribution in [0.15, 0.2) is 12.1 Å². The van der Waals surface area contributed by atoms with E-state index in [9.17, 15) is 24.7 Å². The fraction of sp³-hybridized carbons (Fsp3) is 0.400. The van der Waals surface area contributed by atoms with Crippen LogP contribution in [0.1, 0.15) is 18.1 Å². The molecule has 0 bridgehead atoms. The van der Waals surface area contributed by atoms with Gasteiger partial charge in [-0.3, -0.25) is 10.1 Å². The summed E-state index contributed by atoms with van der Waals surface area (Å²) in [7, 11) is 0. The van der Waals surface area contributed by atoms with Crippen LogP contribution in [0.25, 0.3) is 0 Å². The first kappa shape index (κ1) is 14.7. The van der Waals surface area contributed by atoms with Crippen LogP contribution in [0.2, 0.25) is 0 Å². The molecule has 0 aliphatic heterocycles. The van der Waals surface area contributed by atoms with Crippen molar-refractivity contribution in [3.8, 4) is 0 Å². The molecule has 0 fully saturated rings. The van der Waals surface area contributed by atoms with Crippen LogP contribution in [0.4, 0.5) is 15.8 Å². The average Bonchev–Trinajstić information content (AvgIpc) is 2.31. The fourth-order valence-corrected chi connectivity index (χ4v) is 1.74. The van der Waals surface area contributed by atoms with Crippen molar-refractivity contribution in [2.45, 2.75) is 18.6 Å². The van der Waals surface area contributed by atoms with Gasteiger partial charge in [-0.25, -0.2) is 4.39 Å². The molecule has 2 atom stereocenters. The lowest BCUT2D eigenvalue weighted by Gasteiger charge is -2.19. The second-order valence-electron chi connectivity index (χ2n) is 3.71. The number of aliphatic hydroxyl groups is 2. The lowest BCUT2D eigenvalue weighted by atomic mass is 10.00. The molecule has 8 heteroatoms. The maximum atomic E-state index is 13.4. The van der Waals surface area contributed by atoms with E-state index in [1.165, 1.54) is 0 Å². The van der Waals surface area contributed by atoms with E-state index in [1.807, 2.05) is 0 Å². The Balaban J connectivity index is 3.18. The van der Waals surface area contributed by atoms with Crippen molar-refractivity contribution in [2.75, 3.05) is 11.5 Å². The van der Waals surface area contributed by atoms with Crippen molar-refractivity contribution in [1.29, 1.82) is 0 Å². The normalized spacial score (nSPS) is 14.2. The Labute approximate surface area is 108 Å². The molecule has 0 heterocycles. The summed E-state index contributed by atoms with van der Waals surface area (Å²) in [6, 6.07) is 1.61. The van der Waals surface area contributed by atoms with Crippen LogP contribution in [-0.2, 0) is 0 Å². The number of nitro groups is 1. The number of hydrogen-bond donors (Lipinski definition) is 4. The summed E-state index contributed by atoms with van der Waals surface area (Å²) in [6.07, 6.45) is -2.56. The second-order valence-corrected chi connectivity index (χ2v) is 4.16. The fourth-order valence-electron chi connectivity index (χ4n) is 1.47. The highest BCUT2D eigenvalue weighted by molar-refractivity contribution is 7.80. The highest BCUT2D eigenvalue weighted by Crippen LogP contribution is 2.30. The Morgan fingerprint density at radius 2 is 2.11 bits per heavy atom. The van der Waals surface area contributed by atoms with E-state index in [0.717, 1.165) is 6.07 Å². The monoisotopic (exact) mass is 276 g/mol. The molecule has 0 aliphatic carbocycles. The highest BCUT2D eigenvalue weighted by Gasteiger charge is 2.24. The molecule has 6 nitrogen and oxygen atoms in total. The Bertz CT molecular complexity index is 458. The van der Waals surface area contributed by atoms with Crippen molar-refractivity contribution < 1.29 is 19.5 Å². The first-order chi connectivity index (χ1) is 8.38. The lowest BCUT2D eigenvalue weighted by molar-refractivity contribution is -0.385. The molecule has 100 valence electrons. The van der Waals surface area contributed by atoms with Crippen LogP contribution >= 0.6 is 12.6 Å². The zero-order valence-electron chi connectivity index (χ0n) is 9.28. The number of hydrogen-bond acceptors (Lipinski definition) is 6. The average molecular weight is 276 g/mol. The van der Waals surface area contributed by atoms with Gasteiger partial charge in [0.25, 0.3) is 5.69 Å². The quantitative estimate of drug-likeness (QED) is 0.278. The predicted molar refractivity (Wildman–Crippen MR) is 66.9 cm³/mol. The van der Waals surface area contributed by atoms with E-state index >= 15 is 0 Å². The zero-order chi connectivity index (χ0) is 13.9. The Morgan fingerprint density at radius 1 is 1.50 bits per heavy atom. The molecule has 0 spiro atoms. The molecular formula is C10H13FN2O4S. The minimum atomic E-state index is -1.49. The number of benzene rings is 1. The second kappa shape index (κ2) is 5.98. The maximum absolute atomic E-state index is 13.4. The predicted octanol–water partition coefficient (Wildman–Crippen LogP) is 1.03. The van der Waals surface area contributed by atoms with Gasteiger partial charge >= 0.3 is 0 Å². The molecule has 0 saturated carbocycles. The minimum absolute atomic E-state index is 0.147. The summed E-state index contributed by atoms with van der Waals surface area (Å²) in [4.78, 5) is 9.77. The summed E-state index contributed by atoms with van der Waals surface area (Å²) in [5.41, 5.74) is 4.26. The topological polar surface area (TPSA) is 110 Å². The number of rotatable bonds is 5. The number of anilines is 1. The Morgan fingerprint density at radius 3 is 2.61 bits per heavy atom. The van der Waals surface area contributed by atoms with Crippen molar-refractivity contribution >= 4 is 24.0 Å².